The highest BCUT2D eigenvalue weighted by molar-refractivity contribution is 6.11. The number of hydrogen-bond donors (Lipinski definition) is 1. The monoisotopic (exact) mass is 335 g/mol. The van der Waals surface area contributed by atoms with Crippen molar-refractivity contribution in [3.8, 4) is 5.75 Å². The summed E-state index contributed by atoms with van der Waals surface area (Å²) in [6.07, 6.45) is -0.153. The van der Waals surface area contributed by atoms with E-state index >= 15 is 0 Å². The van der Waals surface area contributed by atoms with E-state index in [-0.39, 0.29) is 11.6 Å². The molecule has 2 aromatic carbocycles. The number of Topliss-reactive ketones (excluding diaryl/α,β-unsaturated/α-hetero) is 2. The third kappa shape index (κ3) is 3.33. The SMILES string of the molecule is CCC(=O)c1ccc(O[C@@H](C)C(=O)c2c(C)[nH]c3ccccc23)cc1. The molecule has 0 saturated heterocycles. The van der Waals surface area contributed by atoms with Gasteiger partial charge in [0.05, 0.1) is 0 Å². The predicted molar refractivity (Wildman–Crippen MR) is 98.5 cm³/mol. The average Bonchev–Trinajstić information content (AvgIpc) is 2.96. The molecule has 0 aliphatic heterocycles. The minimum absolute atomic E-state index is 0.0661. The summed E-state index contributed by atoms with van der Waals surface area (Å²) in [5.41, 5.74) is 3.10. The fourth-order valence-corrected chi connectivity index (χ4v) is 2.98. The molecule has 1 N–H and O–H groups in total. The summed E-state index contributed by atoms with van der Waals surface area (Å²) in [6.45, 7) is 5.47. The molecule has 0 amide bonds. The van der Waals surface area contributed by atoms with Crippen molar-refractivity contribution in [2.45, 2.75) is 33.3 Å². The molecule has 0 bridgehead atoms. The average molecular weight is 335 g/mol. The lowest BCUT2D eigenvalue weighted by molar-refractivity contribution is 0.0818. The van der Waals surface area contributed by atoms with Gasteiger partial charge in [-0.3, -0.25) is 9.59 Å². The third-order valence-electron chi connectivity index (χ3n) is 4.32. The van der Waals surface area contributed by atoms with Crippen LogP contribution in [0.25, 0.3) is 10.9 Å². The van der Waals surface area contributed by atoms with Crippen molar-refractivity contribution in [3.63, 3.8) is 0 Å². The van der Waals surface area contributed by atoms with E-state index in [0.29, 0.717) is 23.3 Å². The Morgan fingerprint density at radius 3 is 2.44 bits per heavy atom. The highest BCUT2D eigenvalue weighted by Crippen LogP contribution is 2.24. The summed E-state index contributed by atoms with van der Waals surface area (Å²) in [5.74, 6) is 0.597. The summed E-state index contributed by atoms with van der Waals surface area (Å²) in [4.78, 5) is 27.8. The summed E-state index contributed by atoms with van der Waals surface area (Å²) in [7, 11) is 0. The second kappa shape index (κ2) is 6.93. The third-order valence-corrected chi connectivity index (χ3v) is 4.32. The van der Waals surface area contributed by atoms with Crippen LogP contribution in [0.2, 0.25) is 0 Å². The number of benzene rings is 2. The van der Waals surface area contributed by atoms with Crippen molar-refractivity contribution >= 4 is 22.5 Å². The zero-order valence-electron chi connectivity index (χ0n) is 14.6. The second-order valence-electron chi connectivity index (χ2n) is 6.10. The lowest BCUT2D eigenvalue weighted by atomic mass is 10.0. The van der Waals surface area contributed by atoms with E-state index in [1.165, 1.54) is 0 Å². The minimum atomic E-state index is -0.620. The zero-order valence-corrected chi connectivity index (χ0v) is 14.6. The molecule has 1 atom stereocenters. The zero-order chi connectivity index (χ0) is 18.0. The van der Waals surface area contributed by atoms with Gasteiger partial charge in [0.15, 0.2) is 11.9 Å². The van der Waals surface area contributed by atoms with Crippen LogP contribution in [0, 0.1) is 6.92 Å². The van der Waals surface area contributed by atoms with Gasteiger partial charge in [-0.1, -0.05) is 25.1 Å². The number of rotatable bonds is 6. The number of hydrogen-bond acceptors (Lipinski definition) is 3. The van der Waals surface area contributed by atoms with Crippen LogP contribution >= 0.6 is 0 Å². The van der Waals surface area contributed by atoms with Crippen LogP contribution in [0.3, 0.4) is 0 Å². The van der Waals surface area contributed by atoms with Gasteiger partial charge in [0.1, 0.15) is 5.75 Å². The van der Waals surface area contributed by atoms with Gasteiger partial charge in [-0.15, -0.1) is 0 Å². The number of carbonyl (C=O) groups is 2. The molecule has 0 fully saturated rings. The maximum atomic E-state index is 12.9. The van der Waals surface area contributed by atoms with Crippen molar-refractivity contribution < 1.29 is 14.3 Å². The van der Waals surface area contributed by atoms with Crippen LogP contribution in [0.1, 0.15) is 46.7 Å². The number of ether oxygens (including phenoxy) is 1. The Morgan fingerprint density at radius 2 is 1.76 bits per heavy atom. The molecule has 1 aromatic heterocycles. The number of aryl methyl sites for hydroxylation is 1. The molecule has 0 unspecified atom stereocenters. The molecular weight excluding hydrogens is 314 g/mol. The quantitative estimate of drug-likeness (QED) is 0.663. The second-order valence-corrected chi connectivity index (χ2v) is 6.10. The van der Waals surface area contributed by atoms with Crippen LogP contribution < -0.4 is 4.74 Å². The van der Waals surface area contributed by atoms with Crippen LogP contribution in [0.5, 0.6) is 5.75 Å². The Kier molecular flexibility index (Phi) is 4.70. The van der Waals surface area contributed by atoms with Gasteiger partial charge in [-0.05, 0) is 44.2 Å². The largest absolute Gasteiger partial charge is 0.483 e. The first-order valence-corrected chi connectivity index (χ1v) is 8.42. The van der Waals surface area contributed by atoms with Crippen LogP contribution in [-0.2, 0) is 0 Å². The summed E-state index contributed by atoms with van der Waals surface area (Å²) >= 11 is 0. The number of aromatic amines is 1. The van der Waals surface area contributed by atoms with Crippen LogP contribution in [0.4, 0.5) is 0 Å². The molecule has 0 radical (unpaired) electrons. The van der Waals surface area contributed by atoms with Crippen molar-refractivity contribution in [3.05, 3.63) is 65.4 Å². The predicted octanol–water partition coefficient (Wildman–Crippen LogP) is 4.72. The Labute approximate surface area is 146 Å². The first-order valence-electron chi connectivity index (χ1n) is 8.42. The molecule has 0 aliphatic rings. The first-order chi connectivity index (χ1) is 12.0. The smallest absolute Gasteiger partial charge is 0.205 e. The fraction of sp³-hybridized carbons (Fsp3) is 0.238. The van der Waals surface area contributed by atoms with E-state index in [0.717, 1.165) is 16.6 Å². The standard InChI is InChI=1S/C21H21NO3/c1-4-19(23)15-9-11-16(12-10-15)25-14(3)21(24)20-13(2)22-18-8-6-5-7-17(18)20/h5-12,14,22H,4H2,1-3H3/t14-/m0/s1. The van der Waals surface area contributed by atoms with Gasteiger partial charge in [0.25, 0.3) is 0 Å². The Hall–Kier alpha value is -2.88. The van der Waals surface area contributed by atoms with Gasteiger partial charge < -0.3 is 9.72 Å². The number of nitrogens with one attached hydrogen (secondary N) is 1. The van der Waals surface area contributed by atoms with Crippen molar-refractivity contribution in [1.82, 2.24) is 4.98 Å². The first kappa shape index (κ1) is 17.0. The van der Waals surface area contributed by atoms with Crippen molar-refractivity contribution in [2.24, 2.45) is 0 Å². The summed E-state index contributed by atoms with van der Waals surface area (Å²) < 4.78 is 5.80. The molecular formula is C21H21NO3. The Morgan fingerprint density at radius 1 is 1.08 bits per heavy atom. The molecule has 0 aliphatic carbocycles. The maximum Gasteiger partial charge on any atom is 0.205 e. The fourth-order valence-electron chi connectivity index (χ4n) is 2.98. The molecule has 0 saturated carbocycles. The molecule has 4 heteroatoms. The van der Waals surface area contributed by atoms with E-state index in [1.807, 2.05) is 38.1 Å². The van der Waals surface area contributed by atoms with Crippen molar-refractivity contribution in [2.75, 3.05) is 0 Å². The van der Waals surface area contributed by atoms with E-state index < -0.39 is 6.10 Å². The molecule has 25 heavy (non-hydrogen) atoms. The molecule has 3 rings (SSSR count). The minimum Gasteiger partial charge on any atom is -0.483 e. The van der Waals surface area contributed by atoms with E-state index in [1.54, 1.807) is 31.2 Å². The molecule has 3 aromatic rings. The van der Waals surface area contributed by atoms with E-state index in [9.17, 15) is 9.59 Å². The number of fused-ring (bicyclic) bond motifs is 1. The van der Waals surface area contributed by atoms with Crippen molar-refractivity contribution in [1.29, 1.82) is 0 Å². The Bertz CT molecular complexity index is 922. The number of aromatic nitrogens is 1. The number of ketones is 2. The van der Waals surface area contributed by atoms with E-state index in [4.69, 9.17) is 4.74 Å². The normalized spacial score (nSPS) is 12.1. The Balaban J connectivity index is 1.80. The highest BCUT2D eigenvalue weighted by atomic mass is 16.5. The molecule has 4 nitrogen and oxygen atoms in total. The van der Waals surface area contributed by atoms with Gasteiger partial charge in [0.2, 0.25) is 5.78 Å². The highest BCUT2D eigenvalue weighted by Gasteiger charge is 2.22. The van der Waals surface area contributed by atoms with Crippen LogP contribution in [0.15, 0.2) is 48.5 Å². The number of carbonyl (C=O) groups excluding carboxylic acids is 2. The number of H-pyrrole nitrogens is 1. The van der Waals surface area contributed by atoms with Crippen LogP contribution in [-0.4, -0.2) is 22.7 Å². The summed E-state index contributed by atoms with van der Waals surface area (Å²) in [6, 6.07) is 14.7. The van der Waals surface area contributed by atoms with E-state index in [2.05, 4.69) is 4.98 Å². The molecule has 1 heterocycles. The van der Waals surface area contributed by atoms with Gasteiger partial charge in [0, 0.05) is 34.1 Å². The maximum absolute atomic E-state index is 12.9. The van der Waals surface area contributed by atoms with Gasteiger partial charge in [-0.25, -0.2) is 0 Å². The number of para-hydroxylation sites is 1. The topological polar surface area (TPSA) is 59.2 Å². The van der Waals surface area contributed by atoms with Gasteiger partial charge >= 0.3 is 0 Å². The molecule has 128 valence electrons. The van der Waals surface area contributed by atoms with Gasteiger partial charge in [-0.2, -0.15) is 0 Å². The lowest BCUT2D eigenvalue weighted by Crippen LogP contribution is -2.24. The lowest BCUT2D eigenvalue weighted by Gasteiger charge is -2.14. The summed E-state index contributed by atoms with van der Waals surface area (Å²) in [5, 5.41) is 0.907. The molecule has 0 spiro atoms.